The maximum atomic E-state index is 12.5. The summed E-state index contributed by atoms with van der Waals surface area (Å²) < 4.78 is 11.8. The molecule has 2 N–H and O–H groups in total. The molecule has 4 aromatic rings. The minimum absolute atomic E-state index is 0.0971. The molecule has 31 heavy (non-hydrogen) atoms. The molecular weight excluding hydrogens is 418 g/mol. The number of benzene rings is 2. The Morgan fingerprint density at radius 2 is 1.94 bits per heavy atom. The number of urea groups is 1. The third kappa shape index (κ3) is 3.92. The topological polar surface area (TPSA) is 107 Å². The molecule has 2 aromatic carbocycles. The molecule has 10 heteroatoms. The summed E-state index contributed by atoms with van der Waals surface area (Å²) in [4.78, 5) is 29.6. The van der Waals surface area contributed by atoms with Crippen LogP contribution in [-0.2, 0) is 6.54 Å². The standard InChI is InChI=1S/C21H17N5O4S/c1-12-2-4-13(5-3-12)19-25-26-18(27)9-15(24-21(26)31-19)10-22-20(28)23-14-6-7-16-17(8-14)30-11-29-16/h2-9H,10-11H2,1H3,(H2,22,23,28). The van der Waals surface area contributed by atoms with Gasteiger partial charge in [0.05, 0.1) is 12.2 Å². The molecule has 5 rings (SSSR count). The molecule has 0 unspecified atom stereocenters. The van der Waals surface area contributed by atoms with Crippen LogP contribution >= 0.6 is 11.3 Å². The van der Waals surface area contributed by atoms with Crippen molar-refractivity contribution in [2.45, 2.75) is 13.5 Å². The van der Waals surface area contributed by atoms with E-state index in [2.05, 4.69) is 20.7 Å². The van der Waals surface area contributed by atoms with Gasteiger partial charge in [-0.1, -0.05) is 41.2 Å². The average molecular weight is 435 g/mol. The number of ether oxygens (including phenoxy) is 2. The van der Waals surface area contributed by atoms with Crippen LogP contribution in [0, 0.1) is 6.92 Å². The average Bonchev–Trinajstić information content (AvgIpc) is 3.39. The molecule has 0 saturated heterocycles. The van der Waals surface area contributed by atoms with E-state index in [4.69, 9.17) is 9.47 Å². The number of amides is 2. The van der Waals surface area contributed by atoms with E-state index in [1.807, 2.05) is 31.2 Å². The lowest BCUT2D eigenvalue weighted by molar-refractivity contribution is 0.174. The monoisotopic (exact) mass is 435 g/mol. The van der Waals surface area contributed by atoms with Crippen molar-refractivity contribution >= 4 is 28.0 Å². The largest absolute Gasteiger partial charge is 0.454 e. The molecule has 0 spiro atoms. The quantitative estimate of drug-likeness (QED) is 0.510. The fourth-order valence-corrected chi connectivity index (χ4v) is 4.01. The van der Waals surface area contributed by atoms with Crippen LogP contribution in [0.3, 0.4) is 0 Å². The molecule has 0 atom stereocenters. The summed E-state index contributed by atoms with van der Waals surface area (Å²) in [5.41, 5.74) is 2.78. The second kappa shape index (κ2) is 7.73. The van der Waals surface area contributed by atoms with Gasteiger partial charge >= 0.3 is 6.03 Å². The number of hydrogen-bond acceptors (Lipinski definition) is 7. The summed E-state index contributed by atoms with van der Waals surface area (Å²) in [6.45, 7) is 2.27. The molecule has 2 aromatic heterocycles. The number of fused-ring (bicyclic) bond motifs is 2. The first-order valence-electron chi connectivity index (χ1n) is 9.46. The lowest BCUT2D eigenvalue weighted by Gasteiger charge is -2.08. The number of carbonyl (C=O) groups is 1. The molecule has 3 heterocycles. The zero-order valence-electron chi connectivity index (χ0n) is 16.4. The number of nitrogens with one attached hydrogen (secondary N) is 2. The van der Waals surface area contributed by atoms with Crippen molar-refractivity contribution in [3.05, 3.63) is 70.1 Å². The summed E-state index contributed by atoms with van der Waals surface area (Å²) in [6.07, 6.45) is 0. The number of rotatable bonds is 4. The summed E-state index contributed by atoms with van der Waals surface area (Å²) in [5.74, 6) is 1.21. The van der Waals surface area contributed by atoms with E-state index in [1.165, 1.54) is 21.9 Å². The molecule has 0 aliphatic carbocycles. The Morgan fingerprint density at radius 1 is 1.13 bits per heavy atom. The van der Waals surface area contributed by atoms with Crippen LogP contribution in [0.2, 0.25) is 0 Å². The van der Waals surface area contributed by atoms with E-state index in [-0.39, 0.29) is 18.9 Å². The van der Waals surface area contributed by atoms with Gasteiger partial charge in [-0.15, -0.1) is 0 Å². The molecule has 1 aliphatic heterocycles. The fraction of sp³-hybridized carbons (Fsp3) is 0.143. The van der Waals surface area contributed by atoms with Crippen molar-refractivity contribution in [3.8, 4) is 22.1 Å². The third-order valence-corrected chi connectivity index (χ3v) is 5.61. The lowest BCUT2D eigenvalue weighted by Crippen LogP contribution is -2.29. The molecule has 0 fully saturated rings. The van der Waals surface area contributed by atoms with Gasteiger partial charge in [-0.3, -0.25) is 4.79 Å². The van der Waals surface area contributed by atoms with E-state index in [9.17, 15) is 9.59 Å². The van der Waals surface area contributed by atoms with Crippen LogP contribution in [0.1, 0.15) is 11.3 Å². The van der Waals surface area contributed by atoms with Gasteiger partial charge in [-0.2, -0.15) is 9.61 Å². The van der Waals surface area contributed by atoms with Gasteiger partial charge in [0.1, 0.15) is 5.01 Å². The van der Waals surface area contributed by atoms with Gasteiger partial charge in [0.2, 0.25) is 11.8 Å². The Kier molecular flexibility index (Phi) is 4.75. The first-order valence-corrected chi connectivity index (χ1v) is 10.3. The Balaban J connectivity index is 1.29. The van der Waals surface area contributed by atoms with E-state index < -0.39 is 6.03 Å². The van der Waals surface area contributed by atoms with Gasteiger partial charge in [0.25, 0.3) is 5.56 Å². The highest BCUT2D eigenvalue weighted by atomic mass is 32.1. The summed E-state index contributed by atoms with van der Waals surface area (Å²) in [7, 11) is 0. The number of aryl methyl sites for hydroxylation is 1. The summed E-state index contributed by atoms with van der Waals surface area (Å²) in [5, 5.41) is 10.5. The second-order valence-corrected chi connectivity index (χ2v) is 7.89. The van der Waals surface area contributed by atoms with Crippen LogP contribution in [-0.4, -0.2) is 27.4 Å². The molecule has 0 bridgehead atoms. The van der Waals surface area contributed by atoms with Crippen molar-refractivity contribution in [2.24, 2.45) is 0 Å². The third-order valence-electron chi connectivity index (χ3n) is 4.66. The Morgan fingerprint density at radius 3 is 2.77 bits per heavy atom. The molecule has 156 valence electrons. The fourth-order valence-electron chi connectivity index (χ4n) is 3.08. The number of carbonyl (C=O) groups excluding carboxylic acids is 1. The Hall–Kier alpha value is -3.92. The number of hydrogen-bond donors (Lipinski definition) is 2. The summed E-state index contributed by atoms with van der Waals surface area (Å²) in [6, 6.07) is 14.0. The molecule has 1 aliphatic rings. The molecule has 9 nitrogen and oxygen atoms in total. The van der Waals surface area contributed by atoms with Crippen molar-refractivity contribution in [1.29, 1.82) is 0 Å². The van der Waals surface area contributed by atoms with Crippen molar-refractivity contribution in [3.63, 3.8) is 0 Å². The van der Waals surface area contributed by atoms with Gasteiger partial charge in [0.15, 0.2) is 11.5 Å². The van der Waals surface area contributed by atoms with Gasteiger partial charge < -0.3 is 20.1 Å². The highest BCUT2D eigenvalue weighted by Crippen LogP contribution is 2.34. The molecule has 2 amide bonds. The normalized spacial score (nSPS) is 12.2. The highest BCUT2D eigenvalue weighted by Gasteiger charge is 2.15. The van der Waals surface area contributed by atoms with E-state index in [1.54, 1.807) is 18.2 Å². The van der Waals surface area contributed by atoms with Crippen LogP contribution in [0.5, 0.6) is 11.5 Å². The maximum Gasteiger partial charge on any atom is 0.319 e. The Bertz CT molecular complexity index is 1350. The van der Waals surface area contributed by atoms with Gasteiger partial charge in [0, 0.05) is 23.4 Å². The van der Waals surface area contributed by atoms with Crippen LogP contribution in [0.4, 0.5) is 10.5 Å². The lowest BCUT2D eigenvalue weighted by atomic mass is 10.2. The molecular formula is C21H17N5O4S. The SMILES string of the molecule is Cc1ccc(-c2nn3c(=O)cc(CNC(=O)Nc4ccc5c(c4)OCO5)nc3s2)cc1. The minimum atomic E-state index is -0.425. The van der Waals surface area contributed by atoms with Crippen molar-refractivity contribution in [2.75, 3.05) is 12.1 Å². The van der Waals surface area contributed by atoms with Crippen LogP contribution in [0.15, 0.2) is 53.3 Å². The van der Waals surface area contributed by atoms with Gasteiger partial charge in [-0.05, 0) is 19.1 Å². The number of nitrogens with zero attached hydrogens (tertiary/aromatic N) is 3. The van der Waals surface area contributed by atoms with Crippen LogP contribution in [0.25, 0.3) is 15.5 Å². The maximum absolute atomic E-state index is 12.5. The predicted octanol–water partition coefficient (Wildman–Crippen LogP) is 3.18. The van der Waals surface area contributed by atoms with Crippen molar-refractivity contribution < 1.29 is 14.3 Å². The second-order valence-electron chi connectivity index (χ2n) is 6.93. The highest BCUT2D eigenvalue weighted by molar-refractivity contribution is 7.19. The zero-order chi connectivity index (χ0) is 21.4. The Labute approximate surface area is 180 Å². The number of aromatic nitrogens is 3. The molecule has 0 saturated carbocycles. The smallest absolute Gasteiger partial charge is 0.319 e. The summed E-state index contributed by atoms with van der Waals surface area (Å²) >= 11 is 1.32. The minimum Gasteiger partial charge on any atom is -0.454 e. The predicted molar refractivity (Wildman–Crippen MR) is 116 cm³/mol. The van der Waals surface area contributed by atoms with Gasteiger partial charge in [-0.25, -0.2) is 9.78 Å². The molecule has 0 radical (unpaired) electrons. The zero-order valence-corrected chi connectivity index (χ0v) is 17.2. The van der Waals surface area contributed by atoms with E-state index in [0.29, 0.717) is 32.8 Å². The first kappa shape index (κ1) is 19.1. The van der Waals surface area contributed by atoms with E-state index >= 15 is 0 Å². The number of anilines is 1. The van der Waals surface area contributed by atoms with Crippen LogP contribution < -0.4 is 25.7 Å². The van der Waals surface area contributed by atoms with E-state index in [0.717, 1.165) is 11.1 Å². The first-order chi connectivity index (χ1) is 15.0. The van der Waals surface area contributed by atoms with Crippen molar-refractivity contribution in [1.82, 2.24) is 19.9 Å².